The van der Waals surface area contributed by atoms with Gasteiger partial charge in [-0.15, -0.1) is 0 Å². The van der Waals surface area contributed by atoms with Crippen molar-refractivity contribution < 1.29 is 29.2 Å². The quantitative estimate of drug-likeness (QED) is 0.574. The molecular weight excluding hydrogens is 348 g/mol. The molecule has 2 heterocycles. The molecule has 0 aromatic carbocycles. The molecule has 2 aliphatic carbocycles. The SMILES string of the molecule is CO[C@H]1C=C(CC[C@]2(C)[C@H]3C[C@H](O)[C@H](O)[C@@]4(CO4)[C@@]3(C)CC[C@@H]2C)C(=O)O1. The minimum Gasteiger partial charge on any atom is -0.429 e. The Balaban J connectivity index is 1.60. The lowest BCUT2D eigenvalue weighted by molar-refractivity contribution is -0.197. The molecule has 4 aliphatic rings. The maximum atomic E-state index is 12.1. The highest BCUT2D eigenvalue weighted by molar-refractivity contribution is 5.90. The molecule has 0 bridgehead atoms. The Labute approximate surface area is 160 Å². The zero-order valence-corrected chi connectivity index (χ0v) is 16.7. The molecule has 27 heavy (non-hydrogen) atoms. The van der Waals surface area contributed by atoms with E-state index in [-0.39, 0.29) is 22.7 Å². The van der Waals surface area contributed by atoms with Gasteiger partial charge in [-0.25, -0.2) is 4.79 Å². The van der Waals surface area contributed by atoms with E-state index in [1.54, 1.807) is 6.08 Å². The first-order valence-corrected chi connectivity index (χ1v) is 10.1. The monoisotopic (exact) mass is 380 g/mol. The number of aliphatic hydroxyl groups is 2. The molecule has 4 rings (SSSR count). The summed E-state index contributed by atoms with van der Waals surface area (Å²) in [6.07, 6.45) is 3.72. The molecule has 0 radical (unpaired) electrons. The third-order valence-corrected chi connectivity index (χ3v) is 8.52. The maximum Gasteiger partial charge on any atom is 0.336 e. The van der Waals surface area contributed by atoms with E-state index in [0.29, 0.717) is 30.9 Å². The Morgan fingerprint density at radius 1 is 1.33 bits per heavy atom. The van der Waals surface area contributed by atoms with Crippen LogP contribution in [-0.2, 0) is 19.0 Å². The van der Waals surface area contributed by atoms with Crippen LogP contribution in [0.2, 0.25) is 0 Å². The Morgan fingerprint density at radius 3 is 2.63 bits per heavy atom. The van der Waals surface area contributed by atoms with Crippen LogP contribution in [0.15, 0.2) is 11.6 Å². The summed E-state index contributed by atoms with van der Waals surface area (Å²) >= 11 is 0. The molecule has 6 heteroatoms. The fourth-order valence-electron chi connectivity index (χ4n) is 6.30. The smallest absolute Gasteiger partial charge is 0.336 e. The van der Waals surface area contributed by atoms with Crippen LogP contribution in [-0.4, -0.2) is 54.0 Å². The fraction of sp³-hybridized carbons (Fsp3) is 0.857. The van der Waals surface area contributed by atoms with E-state index >= 15 is 0 Å². The number of hydrogen-bond acceptors (Lipinski definition) is 6. The zero-order chi connectivity index (χ0) is 19.6. The van der Waals surface area contributed by atoms with Crippen molar-refractivity contribution >= 4 is 5.97 Å². The molecule has 0 aromatic rings. The highest BCUT2D eigenvalue weighted by atomic mass is 16.7. The van der Waals surface area contributed by atoms with Crippen LogP contribution in [0, 0.1) is 22.7 Å². The lowest BCUT2D eigenvalue weighted by Gasteiger charge is -2.61. The van der Waals surface area contributed by atoms with Gasteiger partial charge in [0.1, 0.15) is 11.7 Å². The molecule has 0 aromatic heterocycles. The third-order valence-electron chi connectivity index (χ3n) is 8.52. The normalized spacial score (nSPS) is 51.7. The molecule has 152 valence electrons. The Bertz CT molecular complexity index is 655. The van der Waals surface area contributed by atoms with E-state index in [9.17, 15) is 15.0 Å². The van der Waals surface area contributed by atoms with E-state index < -0.39 is 24.1 Å². The summed E-state index contributed by atoms with van der Waals surface area (Å²) in [6, 6.07) is 0. The Morgan fingerprint density at radius 2 is 2.04 bits per heavy atom. The van der Waals surface area contributed by atoms with Crippen LogP contribution in [0.1, 0.15) is 52.9 Å². The summed E-state index contributed by atoms with van der Waals surface area (Å²) in [6.45, 7) is 7.31. The summed E-state index contributed by atoms with van der Waals surface area (Å²) in [5.41, 5.74) is -0.147. The number of carbonyl (C=O) groups is 1. The van der Waals surface area contributed by atoms with Crippen molar-refractivity contribution in [3.63, 3.8) is 0 Å². The number of hydrogen-bond donors (Lipinski definition) is 2. The molecule has 8 atom stereocenters. The average Bonchev–Trinajstić information content (AvgIpc) is 3.37. The molecule has 2 saturated carbocycles. The maximum absolute atomic E-state index is 12.1. The van der Waals surface area contributed by atoms with Crippen molar-refractivity contribution in [2.24, 2.45) is 22.7 Å². The Kier molecular flexibility index (Phi) is 4.50. The van der Waals surface area contributed by atoms with Crippen molar-refractivity contribution in [1.82, 2.24) is 0 Å². The van der Waals surface area contributed by atoms with Crippen LogP contribution in [0.4, 0.5) is 0 Å². The van der Waals surface area contributed by atoms with Crippen LogP contribution in [0.25, 0.3) is 0 Å². The summed E-state index contributed by atoms with van der Waals surface area (Å²) in [5.74, 6) is 0.397. The molecule has 3 fully saturated rings. The minimum atomic E-state index is -0.814. The van der Waals surface area contributed by atoms with Crippen LogP contribution < -0.4 is 0 Å². The summed E-state index contributed by atoms with van der Waals surface area (Å²) < 4.78 is 16.1. The number of ether oxygens (including phenoxy) is 3. The molecule has 0 unspecified atom stereocenters. The zero-order valence-electron chi connectivity index (χ0n) is 16.7. The molecule has 2 aliphatic heterocycles. The van der Waals surface area contributed by atoms with Gasteiger partial charge in [0, 0.05) is 18.1 Å². The predicted octanol–water partition coefficient (Wildman–Crippen LogP) is 2.18. The van der Waals surface area contributed by atoms with Gasteiger partial charge in [-0.3, -0.25) is 0 Å². The number of aliphatic hydroxyl groups excluding tert-OH is 2. The van der Waals surface area contributed by atoms with Gasteiger partial charge in [-0.05, 0) is 55.4 Å². The van der Waals surface area contributed by atoms with E-state index in [0.717, 1.165) is 19.3 Å². The molecular formula is C21H32O6. The van der Waals surface area contributed by atoms with Crippen LogP contribution >= 0.6 is 0 Å². The molecule has 2 N–H and O–H groups in total. The standard InChI is InChI=1S/C21H32O6/c1-12-5-8-20(3)15(10-14(22)17(23)21(20)11-26-21)19(12,2)7-6-13-9-16(25-4)27-18(13)24/h9,12,14-17,22-23H,5-8,10-11H2,1-4H3/t12-,14-,15+,16+,17-,19-,20-,21-/m0/s1. The molecule has 1 saturated heterocycles. The van der Waals surface area contributed by atoms with E-state index in [4.69, 9.17) is 14.2 Å². The molecule has 6 nitrogen and oxygen atoms in total. The van der Waals surface area contributed by atoms with Gasteiger partial charge in [0.25, 0.3) is 0 Å². The van der Waals surface area contributed by atoms with Crippen molar-refractivity contribution in [1.29, 1.82) is 0 Å². The number of cyclic esters (lactones) is 1. The van der Waals surface area contributed by atoms with Gasteiger partial charge in [0.15, 0.2) is 0 Å². The summed E-state index contributed by atoms with van der Waals surface area (Å²) in [4.78, 5) is 12.1. The molecule has 0 amide bonds. The van der Waals surface area contributed by atoms with Gasteiger partial charge < -0.3 is 24.4 Å². The topological polar surface area (TPSA) is 88.5 Å². The lowest BCUT2D eigenvalue weighted by atomic mass is 9.43. The number of carbonyl (C=O) groups excluding carboxylic acids is 1. The number of rotatable bonds is 4. The first-order valence-electron chi connectivity index (χ1n) is 10.1. The highest BCUT2D eigenvalue weighted by Crippen LogP contribution is 2.68. The van der Waals surface area contributed by atoms with Gasteiger partial charge in [0.2, 0.25) is 6.29 Å². The second kappa shape index (κ2) is 6.28. The van der Waals surface area contributed by atoms with Gasteiger partial charge in [-0.1, -0.05) is 20.8 Å². The largest absolute Gasteiger partial charge is 0.429 e. The van der Waals surface area contributed by atoms with Crippen molar-refractivity contribution in [3.05, 3.63) is 11.6 Å². The fourth-order valence-corrected chi connectivity index (χ4v) is 6.30. The van der Waals surface area contributed by atoms with E-state index in [1.165, 1.54) is 7.11 Å². The highest BCUT2D eigenvalue weighted by Gasteiger charge is 2.73. The van der Waals surface area contributed by atoms with E-state index in [2.05, 4.69) is 20.8 Å². The average molecular weight is 380 g/mol. The second-order valence-electron chi connectivity index (χ2n) is 9.54. The minimum absolute atomic E-state index is 0.0562. The van der Waals surface area contributed by atoms with Gasteiger partial charge in [-0.2, -0.15) is 0 Å². The Hall–Kier alpha value is -0.950. The summed E-state index contributed by atoms with van der Waals surface area (Å²) in [7, 11) is 1.52. The number of methoxy groups -OCH3 is 1. The second-order valence-corrected chi connectivity index (χ2v) is 9.54. The van der Waals surface area contributed by atoms with Crippen LogP contribution in [0.5, 0.6) is 0 Å². The number of fused-ring (bicyclic) bond motifs is 2. The molecule has 1 spiro atoms. The predicted molar refractivity (Wildman–Crippen MR) is 97.6 cm³/mol. The van der Waals surface area contributed by atoms with E-state index in [1.807, 2.05) is 0 Å². The number of esters is 1. The van der Waals surface area contributed by atoms with Crippen molar-refractivity contribution in [3.8, 4) is 0 Å². The first-order chi connectivity index (χ1) is 12.7. The van der Waals surface area contributed by atoms with Crippen LogP contribution in [0.3, 0.4) is 0 Å². The van der Waals surface area contributed by atoms with Crippen molar-refractivity contribution in [2.45, 2.75) is 77.0 Å². The van der Waals surface area contributed by atoms with Gasteiger partial charge in [0.05, 0.1) is 12.7 Å². The van der Waals surface area contributed by atoms with Gasteiger partial charge >= 0.3 is 5.97 Å². The first kappa shape index (κ1) is 19.4. The third kappa shape index (κ3) is 2.64. The lowest BCUT2D eigenvalue weighted by Crippen LogP contribution is -2.65. The summed E-state index contributed by atoms with van der Waals surface area (Å²) in [5, 5.41) is 21.2. The van der Waals surface area contributed by atoms with Crippen molar-refractivity contribution in [2.75, 3.05) is 13.7 Å². The number of epoxide rings is 1.